The van der Waals surface area contributed by atoms with Gasteiger partial charge in [-0.2, -0.15) is 4.98 Å². The SMILES string of the molecule is CCNc1ncc([N+](=O)[O-])c(NCCNS(C)(=O)=O)n1. The van der Waals surface area contributed by atoms with Gasteiger partial charge in [-0.25, -0.2) is 18.1 Å². The summed E-state index contributed by atoms with van der Waals surface area (Å²) in [5, 5.41) is 16.4. The smallest absolute Gasteiger partial charge is 0.329 e. The first kappa shape index (κ1) is 16.0. The minimum absolute atomic E-state index is 0.0382. The van der Waals surface area contributed by atoms with Crippen molar-refractivity contribution >= 4 is 27.5 Å². The minimum Gasteiger partial charge on any atom is -0.363 e. The molecule has 0 aromatic carbocycles. The van der Waals surface area contributed by atoms with Crippen LogP contribution in [0.25, 0.3) is 0 Å². The van der Waals surface area contributed by atoms with Gasteiger partial charge >= 0.3 is 5.69 Å². The van der Waals surface area contributed by atoms with E-state index in [0.29, 0.717) is 6.54 Å². The lowest BCUT2D eigenvalue weighted by Gasteiger charge is -2.08. The van der Waals surface area contributed by atoms with Crippen LogP contribution in [0.2, 0.25) is 0 Å². The van der Waals surface area contributed by atoms with E-state index in [-0.39, 0.29) is 30.5 Å². The van der Waals surface area contributed by atoms with Gasteiger partial charge in [-0.3, -0.25) is 10.1 Å². The highest BCUT2D eigenvalue weighted by atomic mass is 32.2. The quantitative estimate of drug-likeness (QED) is 0.340. The third-order valence-corrected chi connectivity index (χ3v) is 2.81. The van der Waals surface area contributed by atoms with E-state index >= 15 is 0 Å². The van der Waals surface area contributed by atoms with Gasteiger partial charge in [-0.05, 0) is 6.92 Å². The number of nitrogens with zero attached hydrogens (tertiary/aromatic N) is 3. The fourth-order valence-electron chi connectivity index (χ4n) is 1.30. The Balaban J connectivity index is 2.74. The molecule has 0 aliphatic rings. The fraction of sp³-hybridized carbons (Fsp3) is 0.556. The van der Waals surface area contributed by atoms with Gasteiger partial charge < -0.3 is 10.6 Å². The van der Waals surface area contributed by atoms with Crippen molar-refractivity contribution in [2.75, 3.05) is 36.5 Å². The van der Waals surface area contributed by atoms with Crippen molar-refractivity contribution in [1.82, 2.24) is 14.7 Å². The van der Waals surface area contributed by atoms with Crippen molar-refractivity contribution in [2.24, 2.45) is 0 Å². The minimum atomic E-state index is -3.29. The number of rotatable bonds is 8. The van der Waals surface area contributed by atoms with Crippen LogP contribution in [0.15, 0.2) is 6.20 Å². The predicted molar refractivity (Wildman–Crippen MR) is 74.2 cm³/mol. The van der Waals surface area contributed by atoms with E-state index in [2.05, 4.69) is 25.3 Å². The molecule has 11 heteroatoms. The highest BCUT2D eigenvalue weighted by Crippen LogP contribution is 2.21. The van der Waals surface area contributed by atoms with Crippen LogP contribution in [0.1, 0.15) is 6.92 Å². The van der Waals surface area contributed by atoms with Crippen LogP contribution in [-0.4, -0.2) is 49.2 Å². The molecule has 0 saturated carbocycles. The zero-order valence-corrected chi connectivity index (χ0v) is 11.9. The fourth-order valence-corrected chi connectivity index (χ4v) is 1.77. The summed E-state index contributed by atoms with van der Waals surface area (Å²) in [6.45, 7) is 2.67. The van der Waals surface area contributed by atoms with Crippen LogP contribution in [0, 0.1) is 10.1 Å². The maximum atomic E-state index is 10.9. The van der Waals surface area contributed by atoms with E-state index in [1.807, 2.05) is 6.92 Å². The summed E-state index contributed by atoms with van der Waals surface area (Å²) < 4.78 is 24.0. The molecule has 0 amide bonds. The van der Waals surface area contributed by atoms with Gasteiger partial charge in [0.15, 0.2) is 0 Å². The van der Waals surface area contributed by atoms with Crippen molar-refractivity contribution in [3.05, 3.63) is 16.3 Å². The Hall–Kier alpha value is -2.01. The first-order valence-corrected chi connectivity index (χ1v) is 7.66. The number of hydrogen-bond donors (Lipinski definition) is 3. The number of nitro groups is 1. The van der Waals surface area contributed by atoms with Gasteiger partial charge in [0.2, 0.25) is 21.8 Å². The molecule has 0 atom stereocenters. The molecule has 1 aromatic heterocycles. The lowest BCUT2D eigenvalue weighted by Crippen LogP contribution is -2.28. The molecular weight excluding hydrogens is 288 g/mol. The number of aromatic nitrogens is 2. The number of hydrogen-bond acceptors (Lipinski definition) is 8. The molecule has 0 aliphatic carbocycles. The van der Waals surface area contributed by atoms with Crippen LogP contribution in [0.5, 0.6) is 0 Å². The second-order valence-electron chi connectivity index (χ2n) is 3.81. The van der Waals surface area contributed by atoms with E-state index < -0.39 is 14.9 Å². The van der Waals surface area contributed by atoms with E-state index in [0.717, 1.165) is 12.5 Å². The van der Waals surface area contributed by atoms with E-state index in [9.17, 15) is 18.5 Å². The molecule has 0 spiro atoms. The van der Waals surface area contributed by atoms with Gasteiger partial charge in [0.25, 0.3) is 0 Å². The summed E-state index contributed by atoms with van der Waals surface area (Å²) in [7, 11) is -3.29. The molecule has 0 unspecified atom stereocenters. The highest BCUT2D eigenvalue weighted by Gasteiger charge is 2.16. The Morgan fingerprint density at radius 1 is 1.35 bits per heavy atom. The molecule has 1 heterocycles. The standard InChI is InChI=1S/C9H16N6O4S/c1-3-10-9-12-6-7(15(16)17)8(14-9)11-4-5-13-20(2,18)19/h6,13H,3-5H2,1-2H3,(H2,10,11,12,14). The number of sulfonamides is 1. The molecule has 1 rings (SSSR count). The van der Waals surface area contributed by atoms with Crippen LogP contribution < -0.4 is 15.4 Å². The first-order valence-electron chi connectivity index (χ1n) is 5.77. The molecule has 0 aliphatic heterocycles. The average Bonchev–Trinajstić information content (AvgIpc) is 2.34. The van der Waals surface area contributed by atoms with Crippen molar-refractivity contribution < 1.29 is 13.3 Å². The van der Waals surface area contributed by atoms with Crippen LogP contribution in [0.3, 0.4) is 0 Å². The average molecular weight is 304 g/mol. The third kappa shape index (κ3) is 5.32. The second-order valence-corrected chi connectivity index (χ2v) is 5.64. The summed E-state index contributed by atoms with van der Waals surface area (Å²) in [4.78, 5) is 18.0. The summed E-state index contributed by atoms with van der Waals surface area (Å²) in [6.07, 6.45) is 2.13. The van der Waals surface area contributed by atoms with Gasteiger partial charge in [0, 0.05) is 19.6 Å². The van der Waals surface area contributed by atoms with Crippen LogP contribution >= 0.6 is 0 Å². The molecule has 0 bridgehead atoms. The van der Waals surface area contributed by atoms with Crippen LogP contribution in [0.4, 0.5) is 17.5 Å². The molecule has 1 aromatic rings. The molecule has 0 fully saturated rings. The molecule has 3 N–H and O–H groups in total. The second kappa shape index (κ2) is 6.96. The van der Waals surface area contributed by atoms with Crippen molar-refractivity contribution in [3.8, 4) is 0 Å². The summed E-state index contributed by atoms with van der Waals surface area (Å²) in [5.74, 6) is 0.299. The van der Waals surface area contributed by atoms with Crippen molar-refractivity contribution in [3.63, 3.8) is 0 Å². The topological polar surface area (TPSA) is 139 Å². The molecule has 20 heavy (non-hydrogen) atoms. The molecule has 0 saturated heterocycles. The third-order valence-electron chi connectivity index (χ3n) is 2.08. The molecule has 0 radical (unpaired) electrons. The summed E-state index contributed by atoms with van der Waals surface area (Å²) >= 11 is 0. The lowest BCUT2D eigenvalue weighted by atomic mass is 10.4. The summed E-state index contributed by atoms with van der Waals surface area (Å²) in [6, 6.07) is 0. The Bertz CT molecular complexity index is 576. The zero-order valence-electron chi connectivity index (χ0n) is 11.1. The number of nitrogens with one attached hydrogen (secondary N) is 3. The lowest BCUT2D eigenvalue weighted by molar-refractivity contribution is -0.384. The van der Waals surface area contributed by atoms with Gasteiger partial charge in [0.05, 0.1) is 11.2 Å². The predicted octanol–water partition coefficient (Wildman–Crippen LogP) is -0.222. The highest BCUT2D eigenvalue weighted by molar-refractivity contribution is 7.88. The summed E-state index contributed by atoms with van der Waals surface area (Å²) in [5.41, 5.74) is -0.272. The number of anilines is 2. The van der Waals surface area contributed by atoms with E-state index in [4.69, 9.17) is 0 Å². The van der Waals surface area contributed by atoms with Gasteiger partial charge in [-0.15, -0.1) is 0 Å². The van der Waals surface area contributed by atoms with Crippen LogP contribution in [-0.2, 0) is 10.0 Å². The normalized spacial score (nSPS) is 11.1. The largest absolute Gasteiger partial charge is 0.363 e. The maximum absolute atomic E-state index is 10.9. The zero-order chi connectivity index (χ0) is 15.2. The Morgan fingerprint density at radius 2 is 2.05 bits per heavy atom. The van der Waals surface area contributed by atoms with E-state index in [1.165, 1.54) is 0 Å². The maximum Gasteiger partial charge on any atom is 0.329 e. The van der Waals surface area contributed by atoms with Gasteiger partial charge in [0.1, 0.15) is 6.20 Å². The first-order chi connectivity index (χ1) is 9.33. The molecule has 10 nitrogen and oxygen atoms in total. The Kier molecular flexibility index (Phi) is 5.58. The van der Waals surface area contributed by atoms with E-state index in [1.54, 1.807) is 0 Å². The molecular formula is C9H16N6O4S. The Labute approximate surface area is 116 Å². The Morgan fingerprint density at radius 3 is 2.60 bits per heavy atom. The van der Waals surface area contributed by atoms with Crippen molar-refractivity contribution in [2.45, 2.75) is 6.92 Å². The van der Waals surface area contributed by atoms with Gasteiger partial charge in [-0.1, -0.05) is 0 Å². The molecule has 112 valence electrons. The monoisotopic (exact) mass is 304 g/mol. The van der Waals surface area contributed by atoms with Crippen molar-refractivity contribution in [1.29, 1.82) is 0 Å².